The molecule has 2 aromatic carbocycles. The molecule has 0 N–H and O–H groups in total. The average molecular weight is 324 g/mol. The molecule has 1 aliphatic carbocycles. The van der Waals surface area contributed by atoms with Gasteiger partial charge in [0.1, 0.15) is 5.82 Å². The summed E-state index contributed by atoms with van der Waals surface area (Å²) in [6.45, 7) is 2.39. The predicted octanol–water partition coefficient (Wildman–Crippen LogP) is 7.03. The van der Waals surface area contributed by atoms with Gasteiger partial charge >= 0.3 is 0 Å². The van der Waals surface area contributed by atoms with Gasteiger partial charge in [-0.05, 0) is 53.5 Å². The molecule has 0 saturated heterocycles. The van der Waals surface area contributed by atoms with Crippen LogP contribution in [0.2, 0.25) is 0 Å². The molecule has 1 aliphatic rings. The van der Waals surface area contributed by atoms with Crippen molar-refractivity contribution in [3.63, 3.8) is 0 Å². The van der Waals surface area contributed by atoms with E-state index in [9.17, 15) is 4.39 Å². The molecule has 0 atom stereocenters. The van der Waals surface area contributed by atoms with Crippen LogP contribution in [0.5, 0.6) is 0 Å². The van der Waals surface area contributed by atoms with E-state index in [0.717, 1.165) is 29.4 Å². The summed E-state index contributed by atoms with van der Waals surface area (Å²) in [5.41, 5.74) is 3.44. The molecule has 128 valence electrons. The minimum absolute atomic E-state index is 0.173. The highest BCUT2D eigenvalue weighted by Crippen LogP contribution is 2.31. The number of hydrogen-bond acceptors (Lipinski definition) is 0. The van der Waals surface area contributed by atoms with Gasteiger partial charge in [0.25, 0.3) is 0 Å². The van der Waals surface area contributed by atoms with Gasteiger partial charge in [-0.25, -0.2) is 4.39 Å². The number of benzene rings is 2. The maximum Gasteiger partial charge on any atom is 0.123 e. The highest BCUT2D eigenvalue weighted by atomic mass is 19.1. The molecule has 0 aromatic heterocycles. The fourth-order valence-electron chi connectivity index (χ4n) is 3.91. The Balaban J connectivity index is 1.43. The third-order valence-electron chi connectivity index (χ3n) is 5.58. The highest BCUT2D eigenvalue weighted by Gasteiger charge is 2.17. The molecule has 0 nitrogen and oxygen atoms in total. The van der Waals surface area contributed by atoms with Crippen LogP contribution in [-0.4, -0.2) is 0 Å². The van der Waals surface area contributed by atoms with Crippen LogP contribution in [0, 0.1) is 17.7 Å². The lowest BCUT2D eigenvalue weighted by Crippen LogP contribution is -2.12. The molecule has 0 spiro atoms. The minimum atomic E-state index is -0.173. The Bertz CT molecular complexity index is 621. The maximum absolute atomic E-state index is 13.3. The van der Waals surface area contributed by atoms with Crippen molar-refractivity contribution >= 4 is 0 Å². The van der Waals surface area contributed by atoms with Crippen molar-refractivity contribution in [2.24, 2.45) is 11.8 Å². The first-order valence-electron chi connectivity index (χ1n) is 9.55. The Morgan fingerprint density at radius 3 is 2.33 bits per heavy atom. The maximum atomic E-state index is 13.3. The van der Waals surface area contributed by atoms with Gasteiger partial charge in [0.15, 0.2) is 0 Å². The van der Waals surface area contributed by atoms with E-state index in [4.69, 9.17) is 0 Å². The smallest absolute Gasteiger partial charge is 0.123 e. The monoisotopic (exact) mass is 324 g/mol. The van der Waals surface area contributed by atoms with E-state index in [0.29, 0.717) is 0 Å². The van der Waals surface area contributed by atoms with Gasteiger partial charge in [-0.3, -0.25) is 0 Å². The molecule has 3 rings (SSSR count). The minimum Gasteiger partial charge on any atom is -0.207 e. The first-order valence-corrected chi connectivity index (χ1v) is 9.55. The van der Waals surface area contributed by atoms with Crippen molar-refractivity contribution in [3.8, 4) is 11.1 Å². The van der Waals surface area contributed by atoms with Crippen molar-refractivity contribution in [1.29, 1.82) is 0 Å². The summed E-state index contributed by atoms with van der Waals surface area (Å²) in [6, 6.07) is 15.4. The van der Waals surface area contributed by atoms with Crippen LogP contribution >= 0.6 is 0 Å². The van der Waals surface area contributed by atoms with Crippen LogP contribution in [0.4, 0.5) is 4.39 Å². The largest absolute Gasteiger partial charge is 0.207 e. The summed E-state index contributed by atoms with van der Waals surface area (Å²) in [5.74, 6) is 1.77. The molecule has 0 heterocycles. The van der Waals surface area contributed by atoms with E-state index >= 15 is 0 Å². The molecule has 1 saturated carbocycles. The van der Waals surface area contributed by atoms with Gasteiger partial charge in [0.2, 0.25) is 0 Å². The van der Waals surface area contributed by atoms with Crippen LogP contribution < -0.4 is 0 Å². The van der Waals surface area contributed by atoms with Crippen LogP contribution in [0.25, 0.3) is 11.1 Å². The van der Waals surface area contributed by atoms with Gasteiger partial charge in [-0.15, -0.1) is 0 Å². The second-order valence-electron chi connectivity index (χ2n) is 7.58. The van der Waals surface area contributed by atoms with Crippen LogP contribution in [0.3, 0.4) is 0 Å². The van der Waals surface area contributed by atoms with E-state index < -0.39 is 0 Å². The van der Waals surface area contributed by atoms with Gasteiger partial charge in [0.05, 0.1) is 0 Å². The molecule has 24 heavy (non-hydrogen) atoms. The third kappa shape index (κ3) is 4.93. The normalized spacial score (nSPS) is 20.9. The Labute approximate surface area is 146 Å². The fraction of sp³-hybridized carbons (Fsp3) is 0.478. The van der Waals surface area contributed by atoms with E-state index in [2.05, 4.69) is 31.2 Å². The number of aryl methyl sites for hydroxylation is 1. The molecular formula is C23H29F. The van der Waals surface area contributed by atoms with Gasteiger partial charge in [-0.1, -0.05) is 81.8 Å². The lowest BCUT2D eigenvalue weighted by Gasteiger charge is -2.26. The van der Waals surface area contributed by atoms with Crippen LogP contribution in [0.1, 0.15) is 57.4 Å². The number of unbranched alkanes of at least 4 members (excludes halogenated alkanes) is 1. The zero-order valence-electron chi connectivity index (χ0n) is 14.8. The summed E-state index contributed by atoms with van der Waals surface area (Å²) in [7, 11) is 0. The summed E-state index contributed by atoms with van der Waals surface area (Å²) in [6.07, 6.45) is 11.0. The molecule has 0 aliphatic heterocycles. The zero-order chi connectivity index (χ0) is 16.8. The fourth-order valence-corrected chi connectivity index (χ4v) is 3.91. The second kappa shape index (κ2) is 8.46. The van der Waals surface area contributed by atoms with Gasteiger partial charge in [0, 0.05) is 0 Å². The van der Waals surface area contributed by atoms with Gasteiger partial charge in [-0.2, -0.15) is 0 Å². The SMILES string of the molecule is CC1CCC(CCCCc2ccc(-c3cccc(F)c3)cc2)CC1. The van der Waals surface area contributed by atoms with Crippen molar-refractivity contribution in [2.75, 3.05) is 0 Å². The second-order valence-corrected chi connectivity index (χ2v) is 7.58. The standard InChI is InChI=1S/C23H29F/c1-18-9-11-19(12-10-18)5-2-3-6-20-13-15-21(16-14-20)22-7-4-8-23(24)17-22/h4,7-8,13-19H,2-3,5-6,9-12H2,1H3. The number of hydrogen-bond donors (Lipinski definition) is 0. The van der Waals surface area contributed by atoms with Crippen molar-refractivity contribution < 1.29 is 4.39 Å². The topological polar surface area (TPSA) is 0 Å². The highest BCUT2D eigenvalue weighted by molar-refractivity contribution is 5.63. The molecular weight excluding hydrogens is 295 g/mol. The Hall–Kier alpha value is -1.63. The third-order valence-corrected chi connectivity index (χ3v) is 5.58. The number of halogens is 1. The molecule has 1 heteroatoms. The average Bonchev–Trinajstić information content (AvgIpc) is 2.61. The summed E-state index contributed by atoms with van der Waals surface area (Å²) in [4.78, 5) is 0. The molecule has 0 bridgehead atoms. The van der Waals surface area contributed by atoms with Crippen LogP contribution in [0.15, 0.2) is 48.5 Å². The van der Waals surface area contributed by atoms with E-state index in [1.54, 1.807) is 12.1 Å². The van der Waals surface area contributed by atoms with Crippen LogP contribution in [-0.2, 0) is 6.42 Å². The molecule has 2 aromatic rings. The van der Waals surface area contributed by atoms with E-state index in [1.807, 2.05) is 6.07 Å². The first-order chi connectivity index (χ1) is 11.7. The lowest BCUT2D eigenvalue weighted by molar-refractivity contribution is 0.272. The van der Waals surface area contributed by atoms with E-state index in [1.165, 1.54) is 56.6 Å². The van der Waals surface area contributed by atoms with E-state index in [-0.39, 0.29) is 5.82 Å². The quantitative estimate of drug-likeness (QED) is 0.500. The summed E-state index contributed by atoms with van der Waals surface area (Å²) >= 11 is 0. The van der Waals surface area contributed by atoms with Crippen molar-refractivity contribution in [3.05, 3.63) is 59.9 Å². The molecule has 1 fully saturated rings. The molecule has 0 radical (unpaired) electrons. The van der Waals surface area contributed by atoms with Crippen molar-refractivity contribution in [2.45, 2.75) is 58.3 Å². The molecule has 0 amide bonds. The van der Waals surface area contributed by atoms with Crippen molar-refractivity contribution in [1.82, 2.24) is 0 Å². The Kier molecular flexibility index (Phi) is 6.07. The zero-order valence-corrected chi connectivity index (χ0v) is 14.8. The predicted molar refractivity (Wildman–Crippen MR) is 101 cm³/mol. The summed E-state index contributed by atoms with van der Waals surface area (Å²) in [5, 5.41) is 0. The summed E-state index contributed by atoms with van der Waals surface area (Å²) < 4.78 is 13.3. The Morgan fingerprint density at radius 1 is 0.875 bits per heavy atom. The molecule has 0 unspecified atom stereocenters. The van der Waals surface area contributed by atoms with Gasteiger partial charge < -0.3 is 0 Å². The lowest BCUT2D eigenvalue weighted by atomic mass is 9.80. The number of rotatable bonds is 6. The first kappa shape index (κ1) is 17.2. The Morgan fingerprint density at radius 2 is 1.62 bits per heavy atom.